The molecule has 1 aliphatic rings. The molecule has 20 heavy (non-hydrogen) atoms. The van der Waals surface area contributed by atoms with Crippen molar-refractivity contribution in [2.45, 2.75) is 24.3 Å². The van der Waals surface area contributed by atoms with Crippen LogP contribution in [0.2, 0.25) is 0 Å². The molecular weight excluding hydrogens is 272 g/mol. The predicted octanol–water partition coefficient (Wildman–Crippen LogP) is 1.38. The van der Waals surface area contributed by atoms with E-state index >= 15 is 0 Å². The summed E-state index contributed by atoms with van der Waals surface area (Å²) in [5.74, 6) is 0.316. The second kappa shape index (κ2) is 6.99. The minimum absolute atomic E-state index is 0.108. The Kier molecular flexibility index (Phi) is 5.31. The lowest BCUT2D eigenvalue weighted by molar-refractivity contribution is -0.135. The normalized spacial score (nSPS) is 20.4. The van der Waals surface area contributed by atoms with Gasteiger partial charge in [0.2, 0.25) is 5.91 Å². The Morgan fingerprint density at radius 3 is 2.65 bits per heavy atom. The quantitative estimate of drug-likeness (QED) is 0.913. The monoisotopic (exact) mass is 294 g/mol. The van der Waals surface area contributed by atoms with Crippen molar-refractivity contribution < 1.29 is 9.00 Å². The average Bonchev–Trinajstić information content (AvgIpc) is 2.48. The maximum absolute atomic E-state index is 12.3. The van der Waals surface area contributed by atoms with Gasteiger partial charge in [0.05, 0.1) is 5.92 Å². The summed E-state index contributed by atoms with van der Waals surface area (Å²) >= 11 is 0. The van der Waals surface area contributed by atoms with Crippen molar-refractivity contribution in [2.75, 3.05) is 26.4 Å². The molecule has 0 aliphatic carbocycles. The Bertz CT molecular complexity index is 481. The molecule has 1 fully saturated rings. The lowest BCUT2D eigenvalue weighted by atomic mass is 9.98. The maximum atomic E-state index is 12.3. The Labute approximate surface area is 123 Å². The fraction of sp³-hybridized carbons (Fsp3) is 0.533. The summed E-state index contributed by atoms with van der Waals surface area (Å²) in [7, 11) is 0.899. The van der Waals surface area contributed by atoms with Gasteiger partial charge >= 0.3 is 0 Å². The van der Waals surface area contributed by atoms with Crippen molar-refractivity contribution in [3.8, 4) is 0 Å². The number of benzene rings is 1. The standard InChI is InChI=1S/C15H22N2O2S/c1-17(15(18)13-4-3-9-16-10-13)11-12-5-7-14(8-6-12)20(2)19/h5-8,13,16H,3-4,9-11H2,1-2H3. The number of hydrogen-bond donors (Lipinski definition) is 1. The molecule has 1 heterocycles. The molecular formula is C15H22N2O2S. The van der Waals surface area contributed by atoms with Crippen LogP contribution in [0.1, 0.15) is 18.4 Å². The van der Waals surface area contributed by atoms with Crippen molar-refractivity contribution in [1.82, 2.24) is 10.2 Å². The summed E-state index contributed by atoms with van der Waals surface area (Å²) in [5.41, 5.74) is 1.07. The van der Waals surface area contributed by atoms with E-state index in [2.05, 4.69) is 5.32 Å². The highest BCUT2D eigenvalue weighted by Crippen LogP contribution is 2.15. The van der Waals surface area contributed by atoms with Crippen molar-refractivity contribution in [1.29, 1.82) is 0 Å². The van der Waals surface area contributed by atoms with Crippen molar-refractivity contribution in [3.05, 3.63) is 29.8 Å². The zero-order valence-electron chi connectivity index (χ0n) is 12.1. The average molecular weight is 294 g/mol. The number of nitrogens with zero attached hydrogens (tertiary/aromatic N) is 1. The number of nitrogens with one attached hydrogen (secondary N) is 1. The van der Waals surface area contributed by atoms with Gasteiger partial charge < -0.3 is 10.2 Å². The third-order valence-corrected chi connectivity index (χ3v) is 4.63. The highest BCUT2D eigenvalue weighted by molar-refractivity contribution is 7.84. The fourth-order valence-electron chi connectivity index (χ4n) is 2.51. The van der Waals surface area contributed by atoms with E-state index in [1.54, 1.807) is 11.2 Å². The molecule has 0 spiro atoms. The van der Waals surface area contributed by atoms with Crippen LogP contribution in [0.5, 0.6) is 0 Å². The van der Waals surface area contributed by atoms with E-state index in [0.29, 0.717) is 6.54 Å². The van der Waals surface area contributed by atoms with Crippen molar-refractivity contribution in [2.24, 2.45) is 5.92 Å². The largest absolute Gasteiger partial charge is 0.341 e. The van der Waals surface area contributed by atoms with Crippen molar-refractivity contribution in [3.63, 3.8) is 0 Å². The van der Waals surface area contributed by atoms with Gasteiger partial charge in [0.15, 0.2) is 0 Å². The number of hydrogen-bond acceptors (Lipinski definition) is 3. The summed E-state index contributed by atoms with van der Waals surface area (Å²) in [6.45, 7) is 2.41. The molecule has 2 atom stereocenters. The first-order valence-corrected chi connectivity index (χ1v) is 8.52. The minimum Gasteiger partial charge on any atom is -0.341 e. The molecule has 2 rings (SSSR count). The molecule has 0 bridgehead atoms. The molecule has 5 heteroatoms. The second-order valence-electron chi connectivity index (χ2n) is 5.34. The van der Waals surface area contributed by atoms with Gasteiger partial charge in [0, 0.05) is 42.1 Å². The van der Waals surface area contributed by atoms with Gasteiger partial charge in [0.25, 0.3) is 0 Å². The molecule has 1 N–H and O–H groups in total. The highest BCUT2D eigenvalue weighted by atomic mass is 32.2. The third-order valence-electron chi connectivity index (χ3n) is 3.70. The molecule has 1 aromatic carbocycles. The van der Waals surface area contributed by atoms with Crippen LogP contribution in [-0.2, 0) is 22.1 Å². The van der Waals surface area contributed by atoms with Gasteiger partial charge in [-0.1, -0.05) is 12.1 Å². The molecule has 2 unspecified atom stereocenters. The van der Waals surface area contributed by atoms with Crippen LogP contribution in [0, 0.1) is 5.92 Å². The van der Waals surface area contributed by atoms with Gasteiger partial charge in [-0.2, -0.15) is 0 Å². The molecule has 0 aromatic heterocycles. The van der Waals surface area contributed by atoms with Crippen LogP contribution in [0.3, 0.4) is 0 Å². The van der Waals surface area contributed by atoms with Gasteiger partial charge in [0.1, 0.15) is 0 Å². The predicted molar refractivity (Wildman–Crippen MR) is 80.8 cm³/mol. The van der Waals surface area contributed by atoms with E-state index in [4.69, 9.17) is 0 Å². The topological polar surface area (TPSA) is 49.4 Å². The van der Waals surface area contributed by atoms with E-state index in [9.17, 15) is 9.00 Å². The summed E-state index contributed by atoms with van der Waals surface area (Å²) in [6.07, 6.45) is 3.71. The van der Waals surface area contributed by atoms with E-state index in [0.717, 1.165) is 36.4 Å². The molecule has 1 saturated heterocycles. The van der Waals surface area contributed by atoms with Crippen LogP contribution in [0.4, 0.5) is 0 Å². The first-order chi connectivity index (χ1) is 9.58. The third kappa shape index (κ3) is 3.90. The SMILES string of the molecule is CN(Cc1ccc(S(C)=O)cc1)C(=O)C1CCCNC1. The van der Waals surface area contributed by atoms with E-state index in [-0.39, 0.29) is 11.8 Å². The molecule has 4 nitrogen and oxygen atoms in total. The molecule has 110 valence electrons. The Balaban J connectivity index is 1.94. The van der Waals surface area contributed by atoms with Crippen molar-refractivity contribution >= 4 is 16.7 Å². The van der Waals surface area contributed by atoms with Gasteiger partial charge in [-0.05, 0) is 37.1 Å². The summed E-state index contributed by atoms with van der Waals surface area (Å²) in [6, 6.07) is 7.62. The summed E-state index contributed by atoms with van der Waals surface area (Å²) < 4.78 is 11.3. The molecule has 0 radical (unpaired) electrons. The van der Waals surface area contributed by atoms with Gasteiger partial charge in [-0.3, -0.25) is 9.00 Å². The Morgan fingerprint density at radius 1 is 1.40 bits per heavy atom. The van der Waals surface area contributed by atoms with Crippen LogP contribution in [0.15, 0.2) is 29.2 Å². The molecule has 1 aliphatic heterocycles. The maximum Gasteiger partial charge on any atom is 0.227 e. The second-order valence-corrected chi connectivity index (χ2v) is 6.72. The van der Waals surface area contributed by atoms with Crippen LogP contribution in [0.25, 0.3) is 0 Å². The van der Waals surface area contributed by atoms with E-state index in [1.807, 2.05) is 31.3 Å². The zero-order valence-corrected chi connectivity index (χ0v) is 12.9. The zero-order chi connectivity index (χ0) is 14.5. The first-order valence-electron chi connectivity index (χ1n) is 6.96. The highest BCUT2D eigenvalue weighted by Gasteiger charge is 2.23. The first kappa shape index (κ1) is 15.2. The molecule has 1 amide bonds. The van der Waals surface area contributed by atoms with Crippen LogP contribution in [-0.4, -0.2) is 41.4 Å². The van der Waals surface area contributed by atoms with Gasteiger partial charge in [-0.25, -0.2) is 0 Å². The molecule has 1 aromatic rings. The number of rotatable bonds is 4. The molecule has 0 saturated carbocycles. The Hall–Kier alpha value is -1.20. The lowest BCUT2D eigenvalue weighted by Gasteiger charge is -2.27. The minimum atomic E-state index is -0.951. The number of piperidine rings is 1. The smallest absolute Gasteiger partial charge is 0.227 e. The lowest BCUT2D eigenvalue weighted by Crippen LogP contribution is -2.41. The summed E-state index contributed by atoms with van der Waals surface area (Å²) in [5, 5.41) is 3.27. The van der Waals surface area contributed by atoms with Crippen LogP contribution < -0.4 is 5.32 Å². The summed E-state index contributed by atoms with van der Waals surface area (Å²) in [4.78, 5) is 14.9. The van der Waals surface area contributed by atoms with E-state index in [1.165, 1.54) is 0 Å². The fourth-order valence-corrected chi connectivity index (χ4v) is 3.03. The number of amides is 1. The van der Waals surface area contributed by atoms with Crippen LogP contribution >= 0.6 is 0 Å². The number of carbonyl (C=O) groups is 1. The van der Waals surface area contributed by atoms with Gasteiger partial charge in [-0.15, -0.1) is 0 Å². The van der Waals surface area contributed by atoms with E-state index < -0.39 is 10.8 Å². The Morgan fingerprint density at radius 2 is 2.10 bits per heavy atom. The number of carbonyl (C=O) groups excluding carboxylic acids is 1.